The minimum absolute atomic E-state index is 0.131. The Labute approximate surface area is 101 Å². The molecular weight excluding hydrogens is 218 g/mol. The van der Waals surface area contributed by atoms with E-state index in [9.17, 15) is 9.59 Å². The SMILES string of the molecule is O=C(O)[C@@H]1CCCCN1C(=O)C1C2CCCC21. The molecule has 2 unspecified atom stereocenters. The molecule has 0 spiro atoms. The number of carboxylic acid groups (broad SMARTS) is 1. The normalized spacial score (nSPS) is 39.9. The molecule has 1 amide bonds. The summed E-state index contributed by atoms with van der Waals surface area (Å²) in [6.07, 6.45) is 6.11. The summed E-state index contributed by atoms with van der Waals surface area (Å²) in [7, 11) is 0. The Balaban J connectivity index is 1.69. The van der Waals surface area contributed by atoms with Crippen molar-refractivity contribution in [2.24, 2.45) is 17.8 Å². The van der Waals surface area contributed by atoms with Crippen molar-refractivity contribution in [1.29, 1.82) is 0 Å². The van der Waals surface area contributed by atoms with Crippen molar-refractivity contribution in [3.8, 4) is 0 Å². The van der Waals surface area contributed by atoms with Crippen molar-refractivity contribution in [1.82, 2.24) is 4.90 Å². The molecule has 1 aliphatic heterocycles. The number of carbonyl (C=O) groups excluding carboxylic acids is 1. The molecular formula is C13H19NO3. The predicted molar refractivity (Wildman–Crippen MR) is 61.3 cm³/mol. The van der Waals surface area contributed by atoms with Gasteiger partial charge in [0.25, 0.3) is 0 Å². The summed E-state index contributed by atoms with van der Waals surface area (Å²) in [5.41, 5.74) is 0. The van der Waals surface area contributed by atoms with Gasteiger partial charge in [0, 0.05) is 12.5 Å². The molecule has 2 aliphatic carbocycles. The lowest BCUT2D eigenvalue weighted by atomic mass is 10.0. The number of carboxylic acids is 1. The van der Waals surface area contributed by atoms with E-state index in [-0.39, 0.29) is 11.8 Å². The van der Waals surface area contributed by atoms with Crippen LogP contribution < -0.4 is 0 Å². The van der Waals surface area contributed by atoms with Gasteiger partial charge in [0.2, 0.25) is 5.91 Å². The van der Waals surface area contributed by atoms with Crippen LogP contribution in [0.15, 0.2) is 0 Å². The fourth-order valence-corrected chi connectivity index (χ4v) is 3.83. The first-order chi connectivity index (χ1) is 8.20. The van der Waals surface area contributed by atoms with E-state index < -0.39 is 12.0 Å². The summed E-state index contributed by atoms with van der Waals surface area (Å²) in [6, 6.07) is -0.558. The first-order valence-corrected chi connectivity index (χ1v) is 6.73. The Morgan fingerprint density at radius 3 is 2.35 bits per heavy atom. The number of fused-ring (bicyclic) bond motifs is 1. The quantitative estimate of drug-likeness (QED) is 0.791. The zero-order valence-corrected chi connectivity index (χ0v) is 9.97. The Bertz CT molecular complexity index is 345. The van der Waals surface area contributed by atoms with Crippen LogP contribution in [0.2, 0.25) is 0 Å². The highest BCUT2D eigenvalue weighted by molar-refractivity contribution is 5.87. The Morgan fingerprint density at radius 2 is 1.71 bits per heavy atom. The molecule has 17 heavy (non-hydrogen) atoms. The largest absolute Gasteiger partial charge is 0.480 e. The van der Waals surface area contributed by atoms with Gasteiger partial charge in [0.05, 0.1) is 0 Å². The van der Waals surface area contributed by atoms with Crippen molar-refractivity contribution in [2.75, 3.05) is 6.54 Å². The van der Waals surface area contributed by atoms with Crippen LogP contribution in [0.5, 0.6) is 0 Å². The zero-order valence-electron chi connectivity index (χ0n) is 9.97. The number of aliphatic carboxylic acids is 1. The van der Waals surface area contributed by atoms with E-state index in [0.717, 1.165) is 12.8 Å². The first kappa shape index (κ1) is 11.1. The summed E-state index contributed by atoms with van der Waals surface area (Å²) in [6.45, 7) is 0.645. The molecule has 3 rings (SSSR count). The van der Waals surface area contributed by atoms with Gasteiger partial charge in [-0.2, -0.15) is 0 Å². The van der Waals surface area contributed by atoms with Gasteiger partial charge in [0.15, 0.2) is 0 Å². The van der Waals surface area contributed by atoms with Gasteiger partial charge in [0.1, 0.15) is 6.04 Å². The maximum atomic E-state index is 12.4. The molecule has 4 heteroatoms. The smallest absolute Gasteiger partial charge is 0.326 e. The molecule has 3 atom stereocenters. The number of amides is 1. The molecule has 3 aliphatic rings. The Kier molecular flexibility index (Phi) is 2.60. The number of likely N-dealkylation sites (tertiary alicyclic amines) is 1. The van der Waals surface area contributed by atoms with Crippen LogP contribution >= 0.6 is 0 Å². The molecule has 0 bridgehead atoms. The minimum Gasteiger partial charge on any atom is -0.480 e. The van der Waals surface area contributed by atoms with Crippen LogP contribution in [-0.4, -0.2) is 34.5 Å². The van der Waals surface area contributed by atoms with Crippen molar-refractivity contribution in [3.63, 3.8) is 0 Å². The standard InChI is InChI=1S/C13H19NO3/c15-12(11-8-4-3-5-9(8)11)14-7-2-1-6-10(14)13(16)17/h8-11H,1-7H2,(H,16,17)/t8?,9?,10-,11?/m0/s1. The molecule has 0 radical (unpaired) electrons. The van der Waals surface area contributed by atoms with Crippen LogP contribution in [0.4, 0.5) is 0 Å². The minimum atomic E-state index is -0.830. The van der Waals surface area contributed by atoms with Crippen LogP contribution in [0, 0.1) is 17.8 Å². The van der Waals surface area contributed by atoms with Crippen LogP contribution in [0.25, 0.3) is 0 Å². The Hall–Kier alpha value is -1.06. The lowest BCUT2D eigenvalue weighted by molar-refractivity contribution is -0.153. The van der Waals surface area contributed by atoms with Crippen LogP contribution in [0.1, 0.15) is 38.5 Å². The highest BCUT2D eigenvalue weighted by atomic mass is 16.4. The summed E-state index contributed by atoms with van der Waals surface area (Å²) >= 11 is 0. The van der Waals surface area contributed by atoms with E-state index in [1.54, 1.807) is 4.90 Å². The molecule has 0 aromatic heterocycles. The third-order valence-electron chi connectivity index (χ3n) is 4.76. The van der Waals surface area contributed by atoms with Gasteiger partial charge >= 0.3 is 5.97 Å². The Morgan fingerprint density at radius 1 is 1.00 bits per heavy atom. The van der Waals surface area contributed by atoms with Crippen molar-refractivity contribution < 1.29 is 14.7 Å². The second kappa shape index (κ2) is 4.00. The van der Waals surface area contributed by atoms with E-state index in [1.165, 1.54) is 19.3 Å². The van der Waals surface area contributed by atoms with Gasteiger partial charge in [-0.1, -0.05) is 6.42 Å². The van der Waals surface area contributed by atoms with E-state index in [1.807, 2.05) is 0 Å². The average molecular weight is 237 g/mol. The molecule has 0 aromatic carbocycles. The molecule has 2 saturated carbocycles. The van der Waals surface area contributed by atoms with Crippen molar-refractivity contribution in [2.45, 2.75) is 44.6 Å². The van der Waals surface area contributed by atoms with Gasteiger partial charge in [-0.15, -0.1) is 0 Å². The number of hydrogen-bond donors (Lipinski definition) is 1. The highest BCUT2D eigenvalue weighted by Gasteiger charge is 2.58. The van der Waals surface area contributed by atoms with E-state index in [4.69, 9.17) is 5.11 Å². The lowest BCUT2D eigenvalue weighted by Crippen LogP contribution is -2.49. The predicted octanol–water partition coefficient (Wildman–Crippen LogP) is 1.50. The number of piperidine rings is 1. The topological polar surface area (TPSA) is 57.6 Å². The summed E-state index contributed by atoms with van der Waals surface area (Å²) in [5, 5.41) is 9.17. The molecule has 1 N–H and O–H groups in total. The molecule has 1 heterocycles. The zero-order chi connectivity index (χ0) is 12.0. The molecule has 3 fully saturated rings. The van der Waals surface area contributed by atoms with Crippen molar-refractivity contribution in [3.05, 3.63) is 0 Å². The van der Waals surface area contributed by atoms with Gasteiger partial charge in [-0.3, -0.25) is 4.79 Å². The molecule has 94 valence electrons. The lowest BCUT2D eigenvalue weighted by Gasteiger charge is -2.33. The van der Waals surface area contributed by atoms with Crippen molar-refractivity contribution >= 4 is 11.9 Å². The summed E-state index contributed by atoms with van der Waals surface area (Å²) < 4.78 is 0. The maximum absolute atomic E-state index is 12.4. The summed E-state index contributed by atoms with van der Waals surface area (Å²) in [5.74, 6) is 0.636. The highest BCUT2D eigenvalue weighted by Crippen LogP contribution is 2.58. The van der Waals surface area contributed by atoms with Gasteiger partial charge in [-0.05, 0) is 43.9 Å². The van der Waals surface area contributed by atoms with Gasteiger partial charge < -0.3 is 10.0 Å². The van der Waals surface area contributed by atoms with E-state index >= 15 is 0 Å². The fraction of sp³-hybridized carbons (Fsp3) is 0.846. The third-order valence-corrected chi connectivity index (χ3v) is 4.76. The number of nitrogens with zero attached hydrogens (tertiary/aromatic N) is 1. The molecule has 4 nitrogen and oxygen atoms in total. The van der Waals surface area contributed by atoms with Crippen LogP contribution in [0.3, 0.4) is 0 Å². The average Bonchev–Trinajstić information content (AvgIpc) is 2.81. The number of carbonyl (C=O) groups is 2. The number of rotatable bonds is 2. The number of hydrogen-bond acceptors (Lipinski definition) is 2. The third kappa shape index (κ3) is 1.74. The van der Waals surface area contributed by atoms with E-state index in [0.29, 0.717) is 24.8 Å². The first-order valence-electron chi connectivity index (χ1n) is 6.73. The fourth-order valence-electron chi connectivity index (χ4n) is 3.83. The maximum Gasteiger partial charge on any atom is 0.326 e. The van der Waals surface area contributed by atoms with Gasteiger partial charge in [-0.25, -0.2) is 4.79 Å². The second-order valence-electron chi connectivity index (χ2n) is 5.67. The molecule has 1 saturated heterocycles. The van der Waals surface area contributed by atoms with E-state index in [2.05, 4.69) is 0 Å². The molecule has 0 aromatic rings. The summed E-state index contributed by atoms with van der Waals surface area (Å²) in [4.78, 5) is 25.2. The van der Waals surface area contributed by atoms with Crippen LogP contribution in [-0.2, 0) is 9.59 Å². The second-order valence-corrected chi connectivity index (χ2v) is 5.67. The monoisotopic (exact) mass is 237 g/mol.